The zero-order valence-corrected chi connectivity index (χ0v) is 15.7. The summed E-state index contributed by atoms with van der Waals surface area (Å²) in [7, 11) is 0. The molecule has 6 nitrogen and oxygen atoms in total. The number of rotatable bonds is 7. The Morgan fingerprint density at radius 2 is 1.88 bits per heavy atom. The molecule has 0 amide bonds. The number of fused-ring (bicyclic) bond motifs is 1. The Hall–Kier alpha value is -2.44. The quantitative estimate of drug-likeness (QED) is 0.637. The van der Waals surface area contributed by atoms with Crippen LogP contribution in [0.5, 0.6) is 0 Å². The second-order valence-corrected chi connectivity index (χ2v) is 7.57. The average molecular weight is 353 g/mol. The van der Waals surface area contributed by atoms with Crippen LogP contribution >= 0.6 is 0 Å². The molecular formula is C20H27N5O. The van der Waals surface area contributed by atoms with Crippen LogP contribution in [0.15, 0.2) is 42.6 Å². The van der Waals surface area contributed by atoms with Gasteiger partial charge in [0.1, 0.15) is 5.82 Å². The van der Waals surface area contributed by atoms with Gasteiger partial charge in [-0.05, 0) is 23.1 Å². The van der Waals surface area contributed by atoms with E-state index < -0.39 is 0 Å². The fourth-order valence-electron chi connectivity index (χ4n) is 2.61. The Balaban J connectivity index is 1.69. The van der Waals surface area contributed by atoms with Crippen molar-refractivity contribution in [2.45, 2.75) is 27.3 Å². The van der Waals surface area contributed by atoms with Gasteiger partial charge in [0, 0.05) is 18.7 Å². The minimum absolute atomic E-state index is 0.183. The first-order chi connectivity index (χ1) is 12.5. The summed E-state index contributed by atoms with van der Waals surface area (Å²) < 4.78 is 7.54. The van der Waals surface area contributed by atoms with E-state index in [1.54, 1.807) is 0 Å². The Morgan fingerprint density at radius 3 is 2.58 bits per heavy atom. The van der Waals surface area contributed by atoms with Gasteiger partial charge in [0.05, 0.1) is 25.1 Å². The summed E-state index contributed by atoms with van der Waals surface area (Å²) >= 11 is 0. The van der Waals surface area contributed by atoms with Crippen LogP contribution in [-0.2, 0) is 11.3 Å². The van der Waals surface area contributed by atoms with Crippen molar-refractivity contribution in [2.24, 2.45) is 11.1 Å². The monoisotopic (exact) mass is 353 g/mol. The molecule has 3 N–H and O–H groups in total. The van der Waals surface area contributed by atoms with E-state index in [-0.39, 0.29) is 5.41 Å². The van der Waals surface area contributed by atoms with Gasteiger partial charge in [0.2, 0.25) is 0 Å². The molecule has 0 atom stereocenters. The minimum atomic E-state index is 0.183. The first-order valence-corrected chi connectivity index (χ1v) is 8.92. The van der Waals surface area contributed by atoms with Crippen LogP contribution < -0.4 is 11.1 Å². The highest BCUT2D eigenvalue weighted by molar-refractivity contribution is 5.63. The fraction of sp³-hybridized carbons (Fsp3) is 0.400. The number of imidazole rings is 1. The molecule has 3 aromatic rings. The van der Waals surface area contributed by atoms with E-state index in [1.807, 2.05) is 47.1 Å². The van der Waals surface area contributed by atoms with Gasteiger partial charge in [-0.1, -0.05) is 45.0 Å². The Morgan fingerprint density at radius 1 is 1.12 bits per heavy atom. The molecule has 2 aromatic heterocycles. The standard InChI is InChI=1S/C20H27N5O/c1-20(2,3)14-26-11-10-22-18-8-9-19-23-13-17(25(19)24-18)16-6-4-15(12-21)5-7-16/h4-9,13H,10-12,14,21H2,1-3H3,(H,22,24). The van der Waals surface area contributed by atoms with Gasteiger partial charge in [-0.15, -0.1) is 5.10 Å². The van der Waals surface area contributed by atoms with Crippen LogP contribution in [0.3, 0.4) is 0 Å². The molecule has 3 rings (SSSR count). The van der Waals surface area contributed by atoms with Gasteiger partial charge in [0.15, 0.2) is 5.65 Å². The van der Waals surface area contributed by atoms with E-state index in [1.165, 1.54) is 0 Å². The van der Waals surface area contributed by atoms with Crippen molar-refractivity contribution in [1.82, 2.24) is 14.6 Å². The van der Waals surface area contributed by atoms with Gasteiger partial charge >= 0.3 is 0 Å². The molecule has 0 radical (unpaired) electrons. The lowest BCUT2D eigenvalue weighted by molar-refractivity contribution is 0.0781. The van der Waals surface area contributed by atoms with Crippen LogP contribution in [0.25, 0.3) is 16.9 Å². The molecule has 0 spiro atoms. The number of aromatic nitrogens is 3. The highest BCUT2D eigenvalue weighted by Crippen LogP contribution is 2.21. The van der Waals surface area contributed by atoms with Crippen LogP contribution in [-0.4, -0.2) is 34.4 Å². The topological polar surface area (TPSA) is 77.5 Å². The molecule has 0 unspecified atom stereocenters. The summed E-state index contributed by atoms with van der Waals surface area (Å²) in [6.45, 7) is 9.13. The molecule has 0 aliphatic carbocycles. The largest absolute Gasteiger partial charge is 0.379 e. The van der Waals surface area contributed by atoms with Crippen molar-refractivity contribution >= 4 is 11.5 Å². The van der Waals surface area contributed by atoms with Crippen LogP contribution in [0.1, 0.15) is 26.3 Å². The van der Waals surface area contributed by atoms with Crippen molar-refractivity contribution < 1.29 is 4.74 Å². The smallest absolute Gasteiger partial charge is 0.154 e. The number of nitrogens with two attached hydrogens (primary N) is 1. The summed E-state index contributed by atoms with van der Waals surface area (Å²) in [6.07, 6.45) is 1.84. The summed E-state index contributed by atoms with van der Waals surface area (Å²) in [5.74, 6) is 0.801. The Bertz CT molecular complexity index is 849. The first-order valence-electron chi connectivity index (χ1n) is 8.92. The van der Waals surface area contributed by atoms with Crippen molar-refractivity contribution in [3.05, 3.63) is 48.2 Å². The van der Waals surface area contributed by atoms with E-state index in [0.717, 1.165) is 34.9 Å². The first kappa shape index (κ1) is 18.4. The summed E-state index contributed by atoms with van der Waals surface area (Å²) in [4.78, 5) is 4.44. The SMILES string of the molecule is CC(C)(C)COCCNc1ccc2ncc(-c3ccc(CN)cc3)n2n1. The molecule has 0 aliphatic heterocycles. The lowest BCUT2D eigenvalue weighted by Crippen LogP contribution is -2.18. The summed E-state index contributed by atoms with van der Waals surface area (Å²) in [5.41, 5.74) is 9.79. The van der Waals surface area contributed by atoms with E-state index in [9.17, 15) is 0 Å². The minimum Gasteiger partial charge on any atom is -0.379 e. The molecule has 1 aromatic carbocycles. The van der Waals surface area contributed by atoms with E-state index in [2.05, 4.69) is 36.2 Å². The van der Waals surface area contributed by atoms with Crippen LogP contribution in [0.2, 0.25) is 0 Å². The van der Waals surface area contributed by atoms with E-state index in [4.69, 9.17) is 10.5 Å². The predicted octanol–water partition coefficient (Wildman–Crippen LogP) is 3.33. The lowest BCUT2D eigenvalue weighted by atomic mass is 9.99. The van der Waals surface area contributed by atoms with Crippen LogP contribution in [0.4, 0.5) is 5.82 Å². The lowest BCUT2D eigenvalue weighted by Gasteiger charge is -2.18. The molecule has 0 saturated carbocycles. The number of anilines is 1. The normalized spacial score (nSPS) is 11.8. The van der Waals surface area contributed by atoms with Crippen molar-refractivity contribution in [1.29, 1.82) is 0 Å². The third-order valence-electron chi connectivity index (χ3n) is 3.94. The van der Waals surface area contributed by atoms with E-state index in [0.29, 0.717) is 19.7 Å². The highest BCUT2D eigenvalue weighted by Gasteiger charge is 2.10. The zero-order valence-electron chi connectivity index (χ0n) is 15.7. The fourth-order valence-corrected chi connectivity index (χ4v) is 2.61. The maximum absolute atomic E-state index is 5.69. The second kappa shape index (κ2) is 7.85. The van der Waals surface area contributed by atoms with Gasteiger partial charge in [-0.25, -0.2) is 9.50 Å². The van der Waals surface area contributed by atoms with Crippen molar-refractivity contribution in [3.8, 4) is 11.3 Å². The molecule has 0 bridgehead atoms. The summed E-state index contributed by atoms with van der Waals surface area (Å²) in [5, 5.41) is 7.97. The molecule has 6 heteroatoms. The second-order valence-electron chi connectivity index (χ2n) is 7.57. The molecule has 0 saturated heterocycles. The maximum Gasteiger partial charge on any atom is 0.154 e. The third-order valence-corrected chi connectivity index (χ3v) is 3.94. The summed E-state index contributed by atoms with van der Waals surface area (Å²) in [6, 6.07) is 12.1. The number of hydrogen-bond acceptors (Lipinski definition) is 5. The van der Waals surface area contributed by atoms with Crippen molar-refractivity contribution in [2.75, 3.05) is 25.1 Å². The van der Waals surface area contributed by atoms with E-state index >= 15 is 0 Å². The average Bonchev–Trinajstić information content (AvgIpc) is 3.04. The van der Waals surface area contributed by atoms with Crippen LogP contribution in [0, 0.1) is 5.41 Å². The predicted molar refractivity (Wildman–Crippen MR) is 105 cm³/mol. The maximum atomic E-state index is 5.69. The Kier molecular flexibility index (Phi) is 5.54. The molecule has 138 valence electrons. The number of benzene rings is 1. The molecule has 0 aliphatic rings. The molecule has 2 heterocycles. The Labute approximate surface area is 154 Å². The number of hydrogen-bond donors (Lipinski definition) is 2. The number of nitrogens with zero attached hydrogens (tertiary/aromatic N) is 3. The number of ether oxygens (including phenoxy) is 1. The third kappa shape index (κ3) is 4.59. The highest BCUT2D eigenvalue weighted by atomic mass is 16.5. The molecule has 0 fully saturated rings. The van der Waals surface area contributed by atoms with Crippen molar-refractivity contribution in [3.63, 3.8) is 0 Å². The zero-order chi connectivity index (χ0) is 18.6. The van der Waals surface area contributed by atoms with Gasteiger partial charge in [0.25, 0.3) is 0 Å². The molecule has 26 heavy (non-hydrogen) atoms. The van der Waals surface area contributed by atoms with Gasteiger partial charge < -0.3 is 15.8 Å². The van der Waals surface area contributed by atoms with Gasteiger partial charge in [-0.2, -0.15) is 0 Å². The number of nitrogens with one attached hydrogen (secondary N) is 1. The molecular weight excluding hydrogens is 326 g/mol. The van der Waals surface area contributed by atoms with Gasteiger partial charge in [-0.3, -0.25) is 0 Å².